The maximum absolute atomic E-state index is 11.2. The zero-order valence-corrected chi connectivity index (χ0v) is 9.26. The number of carboxylic acids is 1. The molecule has 1 aliphatic heterocycles. The Hall–Kier alpha value is -1.40. The van der Waals surface area contributed by atoms with Crippen LogP contribution >= 0.6 is 0 Å². The molecule has 16 heavy (non-hydrogen) atoms. The van der Waals surface area contributed by atoms with E-state index in [1.54, 1.807) is 5.06 Å². The number of carbonyl (C=O) groups is 2. The SMILES string of the molecule is CN1CCCN(OC(=O)/C=C/C(=O)O)CC1. The molecule has 0 atom stereocenters. The molecule has 90 valence electrons. The van der Waals surface area contributed by atoms with Crippen LogP contribution in [0.2, 0.25) is 0 Å². The lowest BCUT2D eigenvalue weighted by Gasteiger charge is -2.17. The molecule has 6 heteroatoms. The van der Waals surface area contributed by atoms with E-state index in [0.717, 1.165) is 31.7 Å². The highest BCUT2D eigenvalue weighted by Gasteiger charge is 2.14. The summed E-state index contributed by atoms with van der Waals surface area (Å²) in [5, 5.41) is 9.90. The largest absolute Gasteiger partial charge is 0.478 e. The van der Waals surface area contributed by atoms with Crippen molar-refractivity contribution >= 4 is 11.9 Å². The predicted octanol–water partition coefficient (Wildman–Crippen LogP) is -0.277. The minimum Gasteiger partial charge on any atom is -0.478 e. The number of carboxylic acid groups (broad SMARTS) is 1. The average Bonchev–Trinajstić information content (AvgIpc) is 2.41. The molecule has 0 saturated carbocycles. The lowest BCUT2D eigenvalue weighted by atomic mass is 10.4. The van der Waals surface area contributed by atoms with Gasteiger partial charge in [0, 0.05) is 31.8 Å². The lowest BCUT2D eigenvalue weighted by Crippen LogP contribution is -2.30. The maximum Gasteiger partial charge on any atom is 0.349 e. The van der Waals surface area contributed by atoms with Gasteiger partial charge in [0.15, 0.2) is 0 Å². The van der Waals surface area contributed by atoms with Crippen molar-refractivity contribution < 1.29 is 19.5 Å². The van der Waals surface area contributed by atoms with Crippen LogP contribution in [0.1, 0.15) is 6.42 Å². The Morgan fingerprint density at radius 1 is 1.19 bits per heavy atom. The van der Waals surface area contributed by atoms with Gasteiger partial charge in [0.05, 0.1) is 0 Å². The van der Waals surface area contributed by atoms with Crippen LogP contribution in [-0.2, 0) is 14.4 Å². The highest BCUT2D eigenvalue weighted by Crippen LogP contribution is 2.02. The summed E-state index contributed by atoms with van der Waals surface area (Å²) in [4.78, 5) is 28.5. The summed E-state index contributed by atoms with van der Waals surface area (Å²) in [6.07, 6.45) is 2.61. The van der Waals surface area contributed by atoms with Crippen LogP contribution < -0.4 is 0 Å². The van der Waals surface area contributed by atoms with Crippen molar-refractivity contribution in [3.05, 3.63) is 12.2 Å². The van der Waals surface area contributed by atoms with Crippen molar-refractivity contribution in [2.45, 2.75) is 6.42 Å². The normalized spacial score (nSPS) is 19.6. The number of hydrogen-bond acceptors (Lipinski definition) is 5. The fourth-order valence-electron chi connectivity index (χ4n) is 1.41. The second-order valence-electron chi connectivity index (χ2n) is 3.67. The second kappa shape index (κ2) is 6.24. The number of nitrogens with zero attached hydrogens (tertiary/aromatic N) is 2. The van der Waals surface area contributed by atoms with E-state index in [0.29, 0.717) is 13.1 Å². The Kier molecular flexibility index (Phi) is 4.94. The smallest absolute Gasteiger partial charge is 0.349 e. The molecule has 0 radical (unpaired) electrons. The number of carbonyl (C=O) groups excluding carboxylic acids is 1. The molecule has 1 N–H and O–H groups in total. The summed E-state index contributed by atoms with van der Waals surface area (Å²) < 4.78 is 0. The molecule has 0 aromatic rings. The zero-order chi connectivity index (χ0) is 12.0. The van der Waals surface area contributed by atoms with E-state index in [4.69, 9.17) is 9.94 Å². The Morgan fingerprint density at radius 2 is 1.94 bits per heavy atom. The van der Waals surface area contributed by atoms with Crippen molar-refractivity contribution in [1.29, 1.82) is 0 Å². The molecule has 1 heterocycles. The van der Waals surface area contributed by atoms with Crippen LogP contribution in [0.25, 0.3) is 0 Å². The van der Waals surface area contributed by atoms with Crippen molar-refractivity contribution in [3.63, 3.8) is 0 Å². The summed E-state index contributed by atoms with van der Waals surface area (Å²) in [5.74, 6) is -1.81. The van der Waals surface area contributed by atoms with Gasteiger partial charge in [-0.25, -0.2) is 9.59 Å². The third kappa shape index (κ3) is 4.90. The molecule has 0 aromatic carbocycles. The van der Waals surface area contributed by atoms with Gasteiger partial charge >= 0.3 is 11.9 Å². The van der Waals surface area contributed by atoms with Gasteiger partial charge in [-0.2, -0.15) is 0 Å². The predicted molar refractivity (Wildman–Crippen MR) is 56.6 cm³/mol. The summed E-state index contributed by atoms with van der Waals surface area (Å²) in [6.45, 7) is 3.12. The van der Waals surface area contributed by atoms with Gasteiger partial charge in [-0.1, -0.05) is 0 Å². The van der Waals surface area contributed by atoms with E-state index in [1.807, 2.05) is 7.05 Å². The van der Waals surface area contributed by atoms with E-state index in [9.17, 15) is 9.59 Å². The van der Waals surface area contributed by atoms with Crippen molar-refractivity contribution in [3.8, 4) is 0 Å². The number of rotatable bonds is 3. The fourth-order valence-corrected chi connectivity index (χ4v) is 1.41. The van der Waals surface area contributed by atoms with Gasteiger partial charge in [-0.3, -0.25) is 0 Å². The standard InChI is InChI=1S/C10H16N2O4/c1-11-5-2-6-12(8-7-11)16-10(15)4-3-9(13)14/h3-4H,2,5-8H2,1H3,(H,13,14)/b4-3+. The number of aliphatic carboxylic acids is 1. The molecule has 0 spiro atoms. The minimum absolute atomic E-state index is 0.642. The molecule has 0 bridgehead atoms. The third-order valence-corrected chi connectivity index (χ3v) is 2.26. The monoisotopic (exact) mass is 228 g/mol. The molecule has 0 aromatic heterocycles. The highest BCUT2D eigenvalue weighted by atomic mass is 16.7. The molecular formula is C10H16N2O4. The number of likely N-dealkylation sites (N-methyl/N-ethyl adjacent to an activating group) is 1. The van der Waals surface area contributed by atoms with Gasteiger partial charge in [0.2, 0.25) is 0 Å². The van der Waals surface area contributed by atoms with Crippen LogP contribution in [-0.4, -0.2) is 60.2 Å². The van der Waals surface area contributed by atoms with Gasteiger partial charge in [0.25, 0.3) is 0 Å². The zero-order valence-electron chi connectivity index (χ0n) is 9.26. The summed E-state index contributed by atoms with van der Waals surface area (Å²) in [7, 11) is 2.01. The van der Waals surface area contributed by atoms with Crippen LogP contribution in [0.5, 0.6) is 0 Å². The van der Waals surface area contributed by atoms with Crippen LogP contribution in [0, 0.1) is 0 Å². The summed E-state index contributed by atoms with van der Waals surface area (Å²) in [5.41, 5.74) is 0. The lowest BCUT2D eigenvalue weighted by molar-refractivity contribution is -0.183. The molecule has 0 aliphatic carbocycles. The topological polar surface area (TPSA) is 70.1 Å². The maximum atomic E-state index is 11.2. The Morgan fingerprint density at radius 3 is 2.62 bits per heavy atom. The Labute approximate surface area is 94.0 Å². The van der Waals surface area contributed by atoms with Gasteiger partial charge < -0.3 is 14.8 Å². The first-order valence-electron chi connectivity index (χ1n) is 5.14. The molecule has 1 aliphatic rings. The van der Waals surface area contributed by atoms with Crippen molar-refractivity contribution in [2.75, 3.05) is 33.2 Å². The molecular weight excluding hydrogens is 212 g/mol. The summed E-state index contributed by atoms with van der Waals surface area (Å²) >= 11 is 0. The minimum atomic E-state index is -1.16. The van der Waals surface area contributed by atoms with Gasteiger partial charge in [-0.15, -0.1) is 5.06 Å². The quantitative estimate of drug-likeness (QED) is 0.670. The van der Waals surface area contributed by atoms with Crippen molar-refractivity contribution in [2.24, 2.45) is 0 Å². The molecule has 1 rings (SSSR count). The number of hydroxylamine groups is 2. The highest BCUT2D eigenvalue weighted by molar-refractivity contribution is 5.90. The Balaban J connectivity index is 2.35. The average molecular weight is 228 g/mol. The first-order valence-corrected chi connectivity index (χ1v) is 5.14. The van der Waals surface area contributed by atoms with Crippen molar-refractivity contribution in [1.82, 2.24) is 9.96 Å². The molecule has 1 saturated heterocycles. The first kappa shape index (κ1) is 12.7. The van der Waals surface area contributed by atoms with E-state index < -0.39 is 11.9 Å². The van der Waals surface area contributed by atoms with Crippen LogP contribution in [0.15, 0.2) is 12.2 Å². The molecule has 0 amide bonds. The van der Waals surface area contributed by atoms with Gasteiger partial charge in [0.1, 0.15) is 0 Å². The van der Waals surface area contributed by atoms with E-state index in [2.05, 4.69) is 4.90 Å². The molecule has 0 unspecified atom stereocenters. The van der Waals surface area contributed by atoms with E-state index in [-0.39, 0.29) is 0 Å². The second-order valence-corrected chi connectivity index (χ2v) is 3.67. The van der Waals surface area contributed by atoms with Crippen LogP contribution in [0.3, 0.4) is 0 Å². The van der Waals surface area contributed by atoms with E-state index in [1.165, 1.54) is 0 Å². The van der Waals surface area contributed by atoms with Crippen LogP contribution in [0.4, 0.5) is 0 Å². The number of hydrogen-bond donors (Lipinski definition) is 1. The fraction of sp³-hybridized carbons (Fsp3) is 0.600. The molecule has 1 fully saturated rings. The molecule has 6 nitrogen and oxygen atoms in total. The third-order valence-electron chi connectivity index (χ3n) is 2.26. The van der Waals surface area contributed by atoms with Gasteiger partial charge in [-0.05, 0) is 20.0 Å². The Bertz CT molecular complexity index is 291. The summed E-state index contributed by atoms with van der Waals surface area (Å²) in [6, 6.07) is 0. The first-order chi connectivity index (χ1) is 7.58. The van der Waals surface area contributed by atoms with E-state index >= 15 is 0 Å².